The summed E-state index contributed by atoms with van der Waals surface area (Å²) in [5.74, 6) is 1.08. The van der Waals surface area contributed by atoms with E-state index < -0.39 is 16.1 Å². The van der Waals surface area contributed by atoms with Crippen LogP contribution in [0.5, 0.6) is 11.5 Å². The molecule has 0 amide bonds. The van der Waals surface area contributed by atoms with E-state index in [4.69, 9.17) is 9.47 Å². The van der Waals surface area contributed by atoms with Crippen molar-refractivity contribution in [1.29, 1.82) is 5.26 Å². The van der Waals surface area contributed by atoms with E-state index in [1.54, 1.807) is 42.5 Å². The maximum atomic E-state index is 13.6. The Balaban J connectivity index is 1.79. The molecule has 6 nitrogen and oxygen atoms in total. The predicted molar refractivity (Wildman–Crippen MR) is 111 cm³/mol. The lowest BCUT2D eigenvalue weighted by Gasteiger charge is -2.27. The van der Waals surface area contributed by atoms with Crippen LogP contribution >= 0.6 is 0 Å². The Morgan fingerprint density at radius 2 is 1.70 bits per heavy atom. The Kier molecular flexibility index (Phi) is 5.44. The highest BCUT2D eigenvalue weighted by molar-refractivity contribution is 7.89. The van der Waals surface area contributed by atoms with Crippen molar-refractivity contribution in [2.75, 3.05) is 6.79 Å². The van der Waals surface area contributed by atoms with Crippen LogP contribution in [0.2, 0.25) is 0 Å². The van der Waals surface area contributed by atoms with Crippen molar-refractivity contribution in [2.24, 2.45) is 0 Å². The summed E-state index contributed by atoms with van der Waals surface area (Å²) in [5, 5.41) is 10.0. The molecule has 1 atom stereocenters. The van der Waals surface area contributed by atoms with Crippen molar-refractivity contribution in [1.82, 2.24) is 4.31 Å². The molecule has 0 aliphatic carbocycles. The summed E-state index contributed by atoms with van der Waals surface area (Å²) in [6.45, 7) is 2.05. The molecule has 1 aliphatic rings. The van der Waals surface area contributed by atoms with Crippen LogP contribution in [0.15, 0.2) is 77.7 Å². The summed E-state index contributed by atoms with van der Waals surface area (Å²) in [6, 6.07) is 22.0. The third kappa shape index (κ3) is 3.88. The first kappa shape index (κ1) is 20.0. The van der Waals surface area contributed by atoms with Gasteiger partial charge < -0.3 is 9.47 Å². The van der Waals surface area contributed by atoms with Gasteiger partial charge in [-0.2, -0.15) is 9.57 Å². The Bertz CT molecular complexity index is 1190. The van der Waals surface area contributed by atoms with Crippen LogP contribution in [-0.4, -0.2) is 19.5 Å². The van der Waals surface area contributed by atoms with Crippen LogP contribution in [0.25, 0.3) is 0 Å². The zero-order chi connectivity index (χ0) is 21.1. The topological polar surface area (TPSA) is 79.6 Å². The second-order valence-corrected chi connectivity index (χ2v) is 8.88. The molecule has 1 heterocycles. The lowest BCUT2D eigenvalue weighted by atomic mass is 10.1. The predicted octanol–water partition coefficient (Wildman–Crippen LogP) is 4.18. The number of nitrogens with zero attached hydrogens (tertiary/aromatic N) is 2. The van der Waals surface area contributed by atoms with Crippen LogP contribution in [0.4, 0.5) is 0 Å². The molecule has 0 N–H and O–H groups in total. The smallest absolute Gasteiger partial charge is 0.244 e. The summed E-state index contributed by atoms with van der Waals surface area (Å²) >= 11 is 0. The first-order chi connectivity index (χ1) is 14.5. The molecule has 0 fully saturated rings. The molecule has 0 saturated carbocycles. The summed E-state index contributed by atoms with van der Waals surface area (Å²) in [6.07, 6.45) is 0. The monoisotopic (exact) mass is 420 g/mol. The number of hydrogen-bond acceptors (Lipinski definition) is 5. The van der Waals surface area contributed by atoms with E-state index in [9.17, 15) is 13.7 Å². The molecule has 1 aliphatic heterocycles. The number of ether oxygens (including phenoxy) is 2. The fourth-order valence-corrected chi connectivity index (χ4v) is 4.83. The van der Waals surface area contributed by atoms with Crippen molar-refractivity contribution in [3.8, 4) is 17.6 Å². The molecule has 0 saturated heterocycles. The third-order valence-corrected chi connectivity index (χ3v) is 6.76. The highest BCUT2D eigenvalue weighted by atomic mass is 32.2. The maximum Gasteiger partial charge on any atom is 0.244 e. The van der Waals surface area contributed by atoms with E-state index in [2.05, 4.69) is 6.07 Å². The Morgan fingerprint density at radius 1 is 1.00 bits per heavy atom. The minimum absolute atomic E-state index is 0.0592. The van der Waals surface area contributed by atoms with Crippen LogP contribution in [0, 0.1) is 18.3 Å². The number of sulfonamides is 1. The van der Waals surface area contributed by atoms with Gasteiger partial charge in [-0.05, 0) is 42.3 Å². The van der Waals surface area contributed by atoms with Crippen molar-refractivity contribution in [2.45, 2.75) is 24.4 Å². The van der Waals surface area contributed by atoms with Gasteiger partial charge in [0.2, 0.25) is 16.8 Å². The number of benzene rings is 3. The molecule has 30 heavy (non-hydrogen) atoms. The molecule has 4 rings (SSSR count). The minimum atomic E-state index is -3.95. The zero-order valence-corrected chi connectivity index (χ0v) is 17.2. The fourth-order valence-electron chi connectivity index (χ4n) is 3.31. The molecule has 3 aromatic carbocycles. The van der Waals surface area contributed by atoms with E-state index >= 15 is 0 Å². The number of aryl methyl sites for hydroxylation is 1. The molecule has 3 aromatic rings. The second-order valence-electron chi connectivity index (χ2n) is 6.99. The Labute approximate surface area is 176 Å². The van der Waals surface area contributed by atoms with Gasteiger partial charge in [0, 0.05) is 6.54 Å². The molecular weight excluding hydrogens is 400 g/mol. The van der Waals surface area contributed by atoms with E-state index in [1.165, 1.54) is 4.31 Å². The van der Waals surface area contributed by atoms with E-state index in [1.807, 2.05) is 37.3 Å². The normalized spacial score (nSPS) is 13.8. The summed E-state index contributed by atoms with van der Waals surface area (Å²) in [4.78, 5) is 0.144. The Hall–Kier alpha value is -3.34. The first-order valence-electron chi connectivity index (χ1n) is 9.40. The zero-order valence-electron chi connectivity index (χ0n) is 16.4. The third-order valence-electron chi connectivity index (χ3n) is 4.93. The van der Waals surface area contributed by atoms with Crippen LogP contribution < -0.4 is 9.47 Å². The highest BCUT2D eigenvalue weighted by Gasteiger charge is 2.33. The van der Waals surface area contributed by atoms with Gasteiger partial charge in [0.1, 0.15) is 6.04 Å². The quantitative estimate of drug-likeness (QED) is 0.598. The first-order valence-corrected chi connectivity index (χ1v) is 10.8. The summed E-state index contributed by atoms with van der Waals surface area (Å²) in [5.41, 5.74) is 2.26. The number of rotatable bonds is 6. The van der Waals surface area contributed by atoms with Crippen LogP contribution in [0.3, 0.4) is 0 Å². The lowest BCUT2D eigenvalue weighted by molar-refractivity contribution is 0.174. The second kappa shape index (κ2) is 8.19. The summed E-state index contributed by atoms with van der Waals surface area (Å²) < 4.78 is 39.1. The highest BCUT2D eigenvalue weighted by Crippen LogP contribution is 2.37. The molecule has 0 bridgehead atoms. The molecule has 1 unspecified atom stereocenters. The molecule has 7 heteroatoms. The lowest BCUT2D eigenvalue weighted by Crippen LogP contribution is -2.34. The average molecular weight is 420 g/mol. The van der Waals surface area contributed by atoms with Gasteiger partial charge in [-0.3, -0.25) is 0 Å². The number of hydrogen-bond donors (Lipinski definition) is 0. The van der Waals surface area contributed by atoms with Crippen LogP contribution in [0.1, 0.15) is 22.7 Å². The maximum absolute atomic E-state index is 13.6. The number of fused-ring (bicyclic) bond motifs is 1. The van der Waals surface area contributed by atoms with Crippen molar-refractivity contribution in [3.05, 3.63) is 89.5 Å². The van der Waals surface area contributed by atoms with Crippen molar-refractivity contribution in [3.63, 3.8) is 0 Å². The Morgan fingerprint density at radius 3 is 2.40 bits per heavy atom. The number of nitriles is 1. The van der Waals surface area contributed by atoms with Gasteiger partial charge in [-0.1, -0.05) is 54.1 Å². The fraction of sp³-hybridized carbons (Fsp3) is 0.174. The SMILES string of the molecule is Cc1ccc(S(=O)(=O)N(Cc2ccccc2)C(C#N)c2ccc3c(c2)OCO3)cc1. The van der Waals surface area contributed by atoms with Crippen molar-refractivity contribution < 1.29 is 17.9 Å². The largest absolute Gasteiger partial charge is 0.454 e. The van der Waals surface area contributed by atoms with Gasteiger partial charge >= 0.3 is 0 Å². The van der Waals surface area contributed by atoms with Crippen LogP contribution in [-0.2, 0) is 16.6 Å². The van der Waals surface area contributed by atoms with Gasteiger partial charge in [-0.15, -0.1) is 0 Å². The molecular formula is C23H20N2O4S. The standard InChI is InChI=1S/C23H20N2O4S/c1-17-7-10-20(11-8-17)30(26,27)25(15-18-5-3-2-4-6-18)21(14-24)19-9-12-22-23(13-19)29-16-28-22/h2-13,21H,15-16H2,1H3. The van der Waals surface area contributed by atoms with Gasteiger partial charge in [-0.25, -0.2) is 8.42 Å². The van der Waals surface area contributed by atoms with Gasteiger partial charge in [0.15, 0.2) is 11.5 Å². The van der Waals surface area contributed by atoms with E-state index in [0.29, 0.717) is 17.1 Å². The van der Waals surface area contributed by atoms with Crippen molar-refractivity contribution >= 4 is 10.0 Å². The molecule has 0 radical (unpaired) electrons. The van der Waals surface area contributed by atoms with E-state index in [0.717, 1.165) is 11.1 Å². The van der Waals surface area contributed by atoms with E-state index in [-0.39, 0.29) is 18.2 Å². The molecule has 152 valence electrons. The summed E-state index contributed by atoms with van der Waals surface area (Å²) in [7, 11) is -3.95. The van der Waals surface area contributed by atoms with Gasteiger partial charge in [0.05, 0.1) is 11.0 Å². The van der Waals surface area contributed by atoms with Gasteiger partial charge in [0.25, 0.3) is 0 Å². The molecule has 0 aromatic heterocycles. The molecule has 0 spiro atoms. The minimum Gasteiger partial charge on any atom is -0.454 e. The average Bonchev–Trinajstić information content (AvgIpc) is 3.23.